The number of halogens is 2. The molecule has 0 unspecified atom stereocenters. The topological polar surface area (TPSA) is 60.5 Å². The van der Waals surface area contributed by atoms with Gasteiger partial charge in [-0.1, -0.05) is 24.3 Å². The lowest BCUT2D eigenvalue weighted by atomic mass is 10.0. The van der Waals surface area contributed by atoms with Crippen LogP contribution in [0.1, 0.15) is 33.6 Å². The van der Waals surface area contributed by atoms with Gasteiger partial charge < -0.3 is 14.8 Å². The summed E-state index contributed by atoms with van der Waals surface area (Å²) in [7, 11) is 1.38. The Morgan fingerprint density at radius 2 is 2.00 bits per heavy atom. The van der Waals surface area contributed by atoms with Crippen molar-refractivity contribution < 1.29 is 23.0 Å². The molecular formula is C22H20F2N2O3. The molecule has 29 heavy (non-hydrogen) atoms. The first-order chi connectivity index (χ1) is 14.1. The van der Waals surface area contributed by atoms with Crippen molar-refractivity contribution >= 4 is 16.8 Å². The first kappa shape index (κ1) is 19.1. The summed E-state index contributed by atoms with van der Waals surface area (Å²) in [4.78, 5) is 17.8. The molecule has 0 radical (unpaired) electrons. The second kappa shape index (κ2) is 8.03. The highest BCUT2D eigenvalue weighted by atomic mass is 19.3. The van der Waals surface area contributed by atoms with E-state index in [0.717, 1.165) is 41.4 Å². The summed E-state index contributed by atoms with van der Waals surface area (Å²) in [6.45, 7) is -2.70. The predicted molar refractivity (Wildman–Crippen MR) is 105 cm³/mol. The number of aryl methyl sites for hydroxylation is 1. The normalized spacial score (nSPS) is 12.8. The number of pyridine rings is 1. The Kier molecular flexibility index (Phi) is 5.29. The number of ether oxygens (including phenoxy) is 2. The van der Waals surface area contributed by atoms with E-state index < -0.39 is 6.61 Å². The minimum absolute atomic E-state index is 0.0458. The van der Waals surface area contributed by atoms with E-state index in [1.807, 2.05) is 24.3 Å². The molecule has 0 fully saturated rings. The number of fused-ring (bicyclic) bond motifs is 2. The van der Waals surface area contributed by atoms with Gasteiger partial charge in [-0.2, -0.15) is 8.78 Å². The van der Waals surface area contributed by atoms with Crippen LogP contribution < -0.4 is 14.8 Å². The maximum atomic E-state index is 13.1. The van der Waals surface area contributed by atoms with Gasteiger partial charge in [-0.3, -0.25) is 9.78 Å². The van der Waals surface area contributed by atoms with Crippen LogP contribution in [0.5, 0.6) is 11.5 Å². The molecule has 1 amide bonds. The molecule has 0 saturated carbocycles. The van der Waals surface area contributed by atoms with Crippen molar-refractivity contribution in [3.05, 3.63) is 64.8 Å². The molecule has 4 rings (SSSR count). The van der Waals surface area contributed by atoms with Crippen molar-refractivity contribution in [2.45, 2.75) is 32.4 Å². The van der Waals surface area contributed by atoms with Crippen LogP contribution in [0.25, 0.3) is 10.9 Å². The van der Waals surface area contributed by atoms with Crippen molar-refractivity contribution in [1.82, 2.24) is 10.3 Å². The summed E-state index contributed by atoms with van der Waals surface area (Å²) in [6.07, 6.45) is 2.70. The maximum absolute atomic E-state index is 13.1. The molecule has 3 aromatic rings. The van der Waals surface area contributed by atoms with Gasteiger partial charge in [0.05, 0.1) is 18.2 Å². The van der Waals surface area contributed by atoms with Crippen LogP contribution in [0.2, 0.25) is 0 Å². The van der Waals surface area contributed by atoms with Crippen molar-refractivity contribution in [1.29, 1.82) is 0 Å². The van der Waals surface area contributed by atoms with E-state index in [4.69, 9.17) is 9.72 Å². The van der Waals surface area contributed by atoms with Gasteiger partial charge in [0.2, 0.25) is 0 Å². The molecule has 0 aliphatic heterocycles. The number of rotatable bonds is 6. The van der Waals surface area contributed by atoms with Crippen LogP contribution >= 0.6 is 0 Å². The van der Waals surface area contributed by atoms with E-state index in [1.165, 1.54) is 13.2 Å². The molecule has 7 heteroatoms. The first-order valence-electron chi connectivity index (χ1n) is 9.37. The van der Waals surface area contributed by atoms with Gasteiger partial charge in [0, 0.05) is 17.6 Å². The summed E-state index contributed by atoms with van der Waals surface area (Å²) in [5.41, 5.74) is 4.21. The van der Waals surface area contributed by atoms with E-state index in [0.29, 0.717) is 11.1 Å². The van der Waals surface area contributed by atoms with E-state index in [2.05, 4.69) is 10.1 Å². The number of aromatic nitrogens is 1. The molecule has 2 aromatic carbocycles. The molecule has 0 saturated heterocycles. The Morgan fingerprint density at radius 1 is 1.17 bits per heavy atom. The van der Waals surface area contributed by atoms with Crippen LogP contribution in [0.15, 0.2) is 42.5 Å². The Morgan fingerprint density at radius 3 is 2.79 bits per heavy atom. The maximum Gasteiger partial charge on any atom is 0.387 e. The number of hydrogen-bond acceptors (Lipinski definition) is 4. The van der Waals surface area contributed by atoms with E-state index in [1.54, 1.807) is 12.1 Å². The highest BCUT2D eigenvalue weighted by Crippen LogP contribution is 2.31. The minimum atomic E-state index is -2.93. The van der Waals surface area contributed by atoms with Crippen molar-refractivity contribution in [3.63, 3.8) is 0 Å². The number of para-hydroxylation sites is 1. The number of nitrogens with one attached hydrogen (secondary N) is 1. The van der Waals surface area contributed by atoms with E-state index in [9.17, 15) is 13.6 Å². The van der Waals surface area contributed by atoms with Crippen molar-refractivity contribution in [2.24, 2.45) is 0 Å². The number of methoxy groups -OCH3 is 1. The monoisotopic (exact) mass is 398 g/mol. The van der Waals surface area contributed by atoms with Crippen molar-refractivity contribution in [3.8, 4) is 11.5 Å². The average Bonchev–Trinajstić information content (AvgIpc) is 3.18. The van der Waals surface area contributed by atoms with Gasteiger partial charge in [-0.25, -0.2) is 0 Å². The van der Waals surface area contributed by atoms with Crippen LogP contribution in [0, 0.1) is 0 Å². The molecule has 1 aromatic heterocycles. The lowest BCUT2D eigenvalue weighted by Gasteiger charge is -2.14. The zero-order chi connectivity index (χ0) is 20.4. The van der Waals surface area contributed by atoms with Gasteiger partial charge in [-0.05, 0) is 48.6 Å². The smallest absolute Gasteiger partial charge is 0.387 e. The molecule has 0 atom stereocenters. The molecule has 1 aliphatic rings. The summed E-state index contributed by atoms with van der Waals surface area (Å²) >= 11 is 0. The average molecular weight is 398 g/mol. The molecule has 0 spiro atoms. The van der Waals surface area contributed by atoms with E-state index >= 15 is 0 Å². The fraction of sp³-hybridized carbons (Fsp3) is 0.273. The van der Waals surface area contributed by atoms with Gasteiger partial charge >= 0.3 is 6.61 Å². The third-order valence-corrected chi connectivity index (χ3v) is 5.04. The zero-order valence-electron chi connectivity index (χ0n) is 15.9. The fourth-order valence-corrected chi connectivity index (χ4v) is 3.76. The number of hydrogen-bond donors (Lipinski definition) is 1. The molecular weight excluding hydrogens is 378 g/mol. The largest absolute Gasteiger partial charge is 0.493 e. The minimum Gasteiger partial charge on any atom is -0.493 e. The summed E-state index contributed by atoms with van der Waals surface area (Å²) in [6, 6.07) is 12.2. The number of carbonyl (C=O) groups is 1. The molecule has 5 nitrogen and oxygen atoms in total. The second-order valence-corrected chi connectivity index (χ2v) is 6.83. The van der Waals surface area contributed by atoms with Crippen LogP contribution in [-0.2, 0) is 19.4 Å². The Labute approximate surface area is 166 Å². The van der Waals surface area contributed by atoms with Crippen molar-refractivity contribution in [2.75, 3.05) is 7.11 Å². The number of carbonyl (C=O) groups excluding carboxylic acids is 1. The van der Waals surface area contributed by atoms with Gasteiger partial charge in [0.15, 0.2) is 11.5 Å². The summed E-state index contributed by atoms with van der Waals surface area (Å²) in [5, 5.41) is 3.77. The quantitative estimate of drug-likeness (QED) is 0.674. The number of alkyl halides is 2. The summed E-state index contributed by atoms with van der Waals surface area (Å²) < 4.78 is 34.5. The highest BCUT2D eigenvalue weighted by Gasteiger charge is 2.23. The highest BCUT2D eigenvalue weighted by molar-refractivity contribution is 6.07. The van der Waals surface area contributed by atoms with Crippen LogP contribution in [0.4, 0.5) is 8.78 Å². The van der Waals surface area contributed by atoms with E-state index in [-0.39, 0.29) is 24.0 Å². The molecule has 1 heterocycles. The third-order valence-electron chi connectivity index (χ3n) is 5.04. The Bertz CT molecular complexity index is 1070. The number of amides is 1. The summed E-state index contributed by atoms with van der Waals surface area (Å²) in [5.74, 6) is -0.0311. The lowest BCUT2D eigenvalue weighted by Crippen LogP contribution is -2.24. The standard InChI is InChI=1S/C22H20F2N2O3/c1-28-19-11-13(9-10-18(19)29-22(23)24)12-25-21(27)20-14-5-2-3-7-16(14)26-17-8-4-6-15(17)20/h2-3,5,7,9-11,22H,4,6,8,12H2,1H3,(H,25,27). The number of benzene rings is 2. The third kappa shape index (κ3) is 3.85. The molecule has 1 aliphatic carbocycles. The van der Waals surface area contributed by atoms with Gasteiger partial charge in [0.1, 0.15) is 0 Å². The molecule has 150 valence electrons. The Balaban J connectivity index is 1.58. The van der Waals surface area contributed by atoms with Gasteiger partial charge in [0.25, 0.3) is 5.91 Å². The van der Waals surface area contributed by atoms with Crippen LogP contribution in [0.3, 0.4) is 0 Å². The molecule has 1 N–H and O–H groups in total. The predicted octanol–water partition coefficient (Wildman–Crippen LogP) is 4.26. The molecule has 0 bridgehead atoms. The SMILES string of the molecule is COc1cc(CNC(=O)c2c3c(nc4ccccc24)CCC3)ccc1OC(F)F. The zero-order valence-corrected chi connectivity index (χ0v) is 15.9. The van der Waals surface area contributed by atoms with Crippen LogP contribution in [-0.4, -0.2) is 24.6 Å². The second-order valence-electron chi connectivity index (χ2n) is 6.83. The lowest BCUT2D eigenvalue weighted by molar-refractivity contribution is -0.0512. The Hall–Kier alpha value is -3.22. The first-order valence-corrected chi connectivity index (χ1v) is 9.37. The number of nitrogens with zero attached hydrogens (tertiary/aromatic N) is 1. The fourth-order valence-electron chi connectivity index (χ4n) is 3.76. The van der Waals surface area contributed by atoms with Gasteiger partial charge in [-0.15, -0.1) is 0 Å².